The molecule has 5 heteroatoms. The zero-order valence-corrected chi connectivity index (χ0v) is 12.5. The van der Waals surface area contributed by atoms with E-state index in [2.05, 4.69) is 12.2 Å². The van der Waals surface area contributed by atoms with Gasteiger partial charge in [-0.05, 0) is 31.0 Å². The zero-order chi connectivity index (χ0) is 14.9. The SMILES string of the molecule is CCCCOCCCNC(=O)c1ccc2c(c1)OCCO2. The van der Waals surface area contributed by atoms with Gasteiger partial charge in [0.1, 0.15) is 13.2 Å². The number of carbonyl (C=O) groups excluding carboxylic acids is 1. The van der Waals surface area contributed by atoms with Crippen LogP contribution in [-0.4, -0.2) is 38.9 Å². The van der Waals surface area contributed by atoms with Gasteiger partial charge in [-0.15, -0.1) is 0 Å². The Morgan fingerprint density at radius 2 is 1.95 bits per heavy atom. The van der Waals surface area contributed by atoms with E-state index in [0.717, 1.165) is 25.9 Å². The van der Waals surface area contributed by atoms with E-state index >= 15 is 0 Å². The third kappa shape index (κ3) is 4.93. The van der Waals surface area contributed by atoms with Gasteiger partial charge in [0.25, 0.3) is 5.91 Å². The highest BCUT2D eigenvalue weighted by Crippen LogP contribution is 2.30. The summed E-state index contributed by atoms with van der Waals surface area (Å²) in [5.41, 5.74) is 0.589. The second kappa shape index (κ2) is 8.52. The lowest BCUT2D eigenvalue weighted by atomic mass is 10.2. The smallest absolute Gasteiger partial charge is 0.251 e. The molecule has 0 atom stereocenters. The van der Waals surface area contributed by atoms with E-state index in [1.807, 2.05) is 0 Å². The predicted molar refractivity (Wildman–Crippen MR) is 80.1 cm³/mol. The van der Waals surface area contributed by atoms with Crippen LogP contribution in [0, 0.1) is 0 Å². The molecule has 116 valence electrons. The molecule has 0 aliphatic carbocycles. The predicted octanol–water partition coefficient (Wildman–Crippen LogP) is 2.39. The van der Waals surface area contributed by atoms with Crippen molar-refractivity contribution in [1.29, 1.82) is 0 Å². The fourth-order valence-electron chi connectivity index (χ4n) is 2.01. The largest absolute Gasteiger partial charge is 0.486 e. The monoisotopic (exact) mass is 293 g/mol. The molecule has 1 amide bonds. The summed E-state index contributed by atoms with van der Waals surface area (Å²) >= 11 is 0. The van der Waals surface area contributed by atoms with Crippen molar-refractivity contribution in [2.75, 3.05) is 33.0 Å². The van der Waals surface area contributed by atoms with Crippen LogP contribution in [0.4, 0.5) is 0 Å². The van der Waals surface area contributed by atoms with Gasteiger partial charge in [-0.1, -0.05) is 13.3 Å². The van der Waals surface area contributed by atoms with Crippen molar-refractivity contribution in [3.8, 4) is 11.5 Å². The lowest BCUT2D eigenvalue weighted by Gasteiger charge is -2.18. The molecule has 0 radical (unpaired) electrons. The second-order valence-corrected chi connectivity index (χ2v) is 4.93. The van der Waals surface area contributed by atoms with Crippen LogP contribution in [0.1, 0.15) is 36.5 Å². The van der Waals surface area contributed by atoms with Gasteiger partial charge in [-0.2, -0.15) is 0 Å². The number of carbonyl (C=O) groups is 1. The van der Waals surface area contributed by atoms with E-state index in [4.69, 9.17) is 14.2 Å². The normalized spacial score (nSPS) is 13.0. The van der Waals surface area contributed by atoms with Gasteiger partial charge in [0.05, 0.1) is 0 Å². The Morgan fingerprint density at radius 3 is 2.76 bits per heavy atom. The van der Waals surface area contributed by atoms with Crippen molar-refractivity contribution >= 4 is 5.91 Å². The van der Waals surface area contributed by atoms with Gasteiger partial charge in [-0.25, -0.2) is 0 Å². The highest BCUT2D eigenvalue weighted by atomic mass is 16.6. The maximum absolute atomic E-state index is 12.0. The maximum atomic E-state index is 12.0. The number of unbranched alkanes of at least 4 members (excludes halogenated alkanes) is 1. The first-order valence-electron chi connectivity index (χ1n) is 7.57. The molecule has 1 aromatic rings. The van der Waals surface area contributed by atoms with Crippen molar-refractivity contribution < 1.29 is 19.0 Å². The third-order valence-electron chi connectivity index (χ3n) is 3.20. The van der Waals surface area contributed by atoms with Crippen LogP contribution in [0.2, 0.25) is 0 Å². The molecule has 0 fully saturated rings. The lowest BCUT2D eigenvalue weighted by molar-refractivity contribution is 0.0939. The highest BCUT2D eigenvalue weighted by Gasteiger charge is 2.14. The maximum Gasteiger partial charge on any atom is 0.251 e. The molecule has 1 heterocycles. The Balaban J connectivity index is 1.71. The Kier molecular flexibility index (Phi) is 6.34. The summed E-state index contributed by atoms with van der Waals surface area (Å²) in [6.07, 6.45) is 3.05. The molecular weight excluding hydrogens is 270 g/mol. The highest BCUT2D eigenvalue weighted by molar-refractivity contribution is 5.94. The minimum Gasteiger partial charge on any atom is -0.486 e. The van der Waals surface area contributed by atoms with Gasteiger partial charge in [0.2, 0.25) is 0 Å². The number of hydrogen-bond acceptors (Lipinski definition) is 4. The molecule has 0 aromatic heterocycles. The molecule has 2 rings (SSSR count). The van der Waals surface area contributed by atoms with Crippen LogP contribution in [-0.2, 0) is 4.74 Å². The first-order valence-corrected chi connectivity index (χ1v) is 7.57. The molecular formula is C16H23NO4. The Labute approximate surface area is 125 Å². The summed E-state index contributed by atoms with van der Waals surface area (Å²) in [6.45, 7) is 5.30. The third-order valence-corrected chi connectivity index (χ3v) is 3.20. The number of rotatable bonds is 8. The second-order valence-electron chi connectivity index (χ2n) is 4.93. The van der Waals surface area contributed by atoms with Gasteiger partial charge in [0.15, 0.2) is 11.5 Å². The number of ether oxygens (including phenoxy) is 3. The van der Waals surface area contributed by atoms with Crippen LogP contribution in [0.5, 0.6) is 11.5 Å². The van der Waals surface area contributed by atoms with Crippen molar-refractivity contribution in [2.45, 2.75) is 26.2 Å². The fourth-order valence-corrected chi connectivity index (χ4v) is 2.01. The van der Waals surface area contributed by atoms with Crippen LogP contribution in [0.15, 0.2) is 18.2 Å². The van der Waals surface area contributed by atoms with E-state index in [9.17, 15) is 4.79 Å². The van der Waals surface area contributed by atoms with Crippen LogP contribution < -0.4 is 14.8 Å². The molecule has 0 spiro atoms. The summed E-state index contributed by atoms with van der Waals surface area (Å²) in [4.78, 5) is 12.0. The van der Waals surface area contributed by atoms with Crippen LogP contribution in [0.25, 0.3) is 0 Å². The quantitative estimate of drug-likeness (QED) is 0.748. The molecule has 0 saturated heterocycles. The summed E-state index contributed by atoms with van der Waals surface area (Å²) in [7, 11) is 0. The Morgan fingerprint density at radius 1 is 1.19 bits per heavy atom. The van der Waals surface area contributed by atoms with Gasteiger partial charge >= 0.3 is 0 Å². The van der Waals surface area contributed by atoms with E-state index in [1.54, 1.807) is 18.2 Å². The van der Waals surface area contributed by atoms with E-state index in [1.165, 1.54) is 0 Å². The Bertz CT molecular complexity index is 462. The molecule has 1 aliphatic heterocycles. The van der Waals surface area contributed by atoms with Crippen molar-refractivity contribution in [3.63, 3.8) is 0 Å². The van der Waals surface area contributed by atoms with E-state index in [-0.39, 0.29) is 5.91 Å². The van der Waals surface area contributed by atoms with Crippen LogP contribution in [0.3, 0.4) is 0 Å². The first kappa shape index (κ1) is 15.6. The number of benzene rings is 1. The summed E-state index contributed by atoms with van der Waals surface area (Å²) < 4.78 is 16.3. The summed E-state index contributed by atoms with van der Waals surface area (Å²) in [6, 6.07) is 5.25. The minimum absolute atomic E-state index is 0.0967. The topological polar surface area (TPSA) is 56.8 Å². The molecule has 1 aromatic carbocycles. The summed E-state index contributed by atoms with van der Waals surface area (Å²) in [5.74, 6) is 1.24. The van der Waals surface area contributed by atoms with Gasteiger partial charge in [0, 0.05) is 25.3 Å². The van der Waals surface area contributed by atoms with E-state index < -0.39 is 0 Å². The minimum atomic E-state index is -0.0967. The molecule has 0 saturated carbocycles. The van der Waals surface area contributed by atoms with E-state index in [0.29, 0.717) is 43.4 Å². The lowest BCUT2D eigenvalue weighted by Crippen LogP contribution is -2.25. The molecule has 1 aliphatic rings. The number of fused-ring (bicyclic) bond motifs is 1. The standard InChI is InChI=1S/C16H23NO4/c1-2-3-8-19-9-4-7-17-16(18)13-5-6-14-15(12-13)21-11-10-20-14/h5-6,12H,2-4,7-11H2,1H3,(H,17,18). The average molecular weight is 293 g/mol. The molecule has 21 heavy (non-hydrogen) atoms. The Hall–Kier alpha value is -1.75. The van der Waals surface area contributed by atoms with Crippen molar-refractivity contribution in [3.05, 3.63) is 23.8 Å². The van der Waals surface area contributed by atoms with Gasteiger partial charge in [-0.3, -0.25) is 4.79 Å². The summed E-state index contributed by atoms with van der Waals surface area (Å²) in [5, 5.41) is 2.88. The van der Waals surface area contributed by atoms with Crippen molar-refractivity contribution in [2.24, 2.45) is 0 Å². The van der Waals surface area contributed by atoms with Gasteiger partial charge < -0.3 is 19.5 Å². The zero-order valence-electron chi connectivity index (χ0n) is 12.5. The number of hydrogen-bond donors (Lipinski definition) is 1. The first-order chi connectivity index (χ1) is 10.3. The molecule has 0 bridgehead atoms. The molecule has 1 N–H and O–H groups in total. The van der Waals surface area contributed by atoms with Crippen LogP contribution >= 0.6 is 0 Å². The number of nitrogens with one attached hydrogen (secondary N) is 1. The fraction of sp³-hybridized carbons (Fsp3) is 0.562. The number of amides is 1. The molecule has 5 nitrogen and oxygen atoms in total. The molecule has 0 unspecified atom stereocenters. The average Bonchev–Trinajstić information content (AvgIpc) is 2.53. The van der Waals surface area contributed by atoms with Crippen molar-refractivity contribution in [1.82, 2.24) is 5.32 Å².